The molecule has 0 unspecified atom stereocenters. The van der Waals surface area contributed by atoms with Gasteiger partial charge in [-0.3, -0.25) is 4.79 Å². The molecule has 1 aliphatic rings. The van der Waals surface area contributed by atoms with Gasteiger partial charge in [-0.15, -0.1) is 10.2 Å². The van der Waals surface area contributed by atoms with Crippen LogP contribution in [0, 0.1) is 0 Å². The van der Waals surface area contributed by atoms with Gasteiger partial charge in [-0.25, -0.2) is 0 Å². The van der Waals surface area contributed by atoms with E-state index in [1.54, 1.807) is 4.90 Å². The van der Waals surface area contributed by atoms with Crippen LogP contribution in [0.1, 0.15) is 13.8 Å². The Bertz CT molecular complexity index is 668. The predicted octanol–water partition coefficient (Wildman–Crippen LogP) is 0.964. The van der Waals surface area contributed by atoms with Crippen molar-refractivity contribution in [3.05, 3.63) is 30.3 Å². The molecule has 1 aromatic heterocycles. The smallest absolute Gasteiger partial charge is 0.277 e. The number of carbonyl (C=O) groups excluding carboxylic acids is 1. The summed E-state index contributed by atoms with van der Waals surface area (Å²) < 4.78 is 5.68. The Hall–Kier alpha value is -1.86. The van der Waals surface area contributed by atoms with Gasteiger partial charge in [0.2, 0.25) is 11.8 Å². The number of piperazine rings is 1. The average Bonchev–Trinajstić information content (AvgIpc) is 3.10. The summed E-state index contributed by atoms with van der Waals surface area (Å²) in [7, 11) is 0. The first-order chi connectivity index (χ1) is 11.7. The van der Waals surface area contributed by atoms with E-state index in [4.69, 9.17) is 4.42 Å². The highest BCUT2D eigenvalue weighted by Gasteiger charge is 2.27. The summed E-state index contributed by atoms with van der Waals surface area (Å²) in [5, 5.41) is 8.34. The highest BCUT2D eigenvalue weighted by atomic mass is 32.2. The Labute approximate surface area is 146 Å². The summed E-state index contributed by atoms with van der Waals surface area (Å²) in [4.78, 5) is 16.1. The zero-order valence-corrected chi connectivity index (χ0v) is 14.9. The maximum Gasteiger partial charge on any atom is 0.277 e. The van der Waals surface area contributed by atoms with Gasteiger partial charge in [-0.05, 0) is 26.0 Å². The molecule has 1 saturated heterocycles. The summed E-state index contributed by atoms with van der Waals surface area (Å²) in [6.07, 6.45) is 0. The molecule has 2 aromatic rings. The first kappa shape index (κ1) is 17.0. The number of benzene rings is 1. The molecule has 0 radical (unpaired) electrons. The van der Waals surface area contributed by atoms with Crippen molar-refractivity contribution >= 4 is 17.7 Å². The van der Waals surface area contributed by atoms with E-state index >= 15 is 0 Å². The van der Waals surface area contributed by atoms with E-state index in [0.29, 0.717) is 11.1 Å². The Kier molecular flexibility index (Phi) is 5.52. The lowest BCUT2D eigenvalue weighted by molar-refractivity contribution is -0.902. The van der Waals surface area contributed by atoms with Crippen molar-refractivity contribution < 1.29 is 14.1 Å². The minimum absolute atomic E-state index is 0.148. The fourth-order valence-corrected chi connectivity index (χ4v) is 3.58. The third kappa shape index (κ3) is 3.96. The lowest BCUT2D eigenvalue weighted by atomic mass is 10.2. The molecule has 1 fully saturated rings. The van der Waals surface area contributed by atoms with Crippen LogP contribution in [0.2, 0.25) is 0 Å². The molecule has 0 aliphatic carbocycles. The topological polar surface area (TPSA) is 63.7 Å². The first-order valence-corrected chi connectivity index (χ1v) is 9.23. The Morgan fingerprint density at radius 2 is 2.00 bits per heavy atom. The molecule has 1 amide bonds. The number of likely N-dealkylation sites (N-methyl/N-ethyl adjacent to an activating group) is 1. The summed E-state index contributed by atoms with van der Waals surface area (Å²) >= 11 is 1.33. The normalized spacial score (nSPS) is 17.0. The summed E-state index contributed by atoms with van der Waals surface area (Å²) in [6, 6.07) is 9.64. The molecule has 128 valence electrons. The summed E-state index contributed by atoms with van der Waals surface area (Å²) in [5.74, 6) is 0.632. The van der Waals surface area contributed by atoms with Gasteiger partial charge in [-0.1, -0.05) is 30.0 Å². The Morgan fingerprint density at radius 1 is 1.29 bits per heavy atom. The molecular formula is C17H23N4O2S+. The highest BCUT2D eigenvalue weighted by molar-refractivity contribution is 8.00. The second kappa shape index (κ2) is 7.81. The number of rotatable bonds is 5. The third-order valence-corrected chi connectivity index (χ3v) is 5.26. The second-order valence-corrected chi connectivity index (χ2v) is 7.22. The van der Waals surface area contributed by atoms with Gasteiger partial charge in [-0.2, -0.15) is 0 Å². The summed E-state index contributed by atoms with van der Waals surface area (Å²) in [6.45, 7) is 8.91. The first-order valence-electron chi connectivity index (χ1n) is 8.35. The van der Waals surface area contributed by atoms with Crippen molar-refractivity contribution in [2.45, 2.75) is 24.3 Å². The molecule has 1 aliphatic heterocycles. The molecule has 0 bridgehead atoms. The number of nitrogens with one attached hydrogen (secondary N) is 1. The van der Waals surface area contributed by atoms with Crippen molar-refractivity contribution in [2.24, 2.45) is 0 Å². The molecule has 7 heteroatoms. The molecule has 0 saturated carbocycles. The van der Waals surface area contributed by atoms with Gasteiger partial charge in [0, 0.05) is 5.56 Å². The van der Waals surface area contributed by atoms with E-state index in [1.807, 2.05) is 42.2 Å². The van der Waals surface area contributed by atoms with E-state index in [-0.39, 0.29) is 11.2 Å². The molecule has 0 spiro atoms. The standard InChI is InChI=1S/C17H22N4O2S/c1-3-20-9-11-21(12-10-20)16(22)13(2)24-17-19-18-15(23-17)14-7-5-4-6-8-14/h4-8,13H,3,9-12H2,1-2H3/p+1/t13-/m1/s1. The van der Waals surface area contributed by atoms with Crippen molar-refractivity contribution in [1.82, 2.24) is 15.1 Å². The van der Waals surface area contributed by atoms with Gasteiger partial charge in [0.15, 0.2) is 0 Å². The Balaban J connectivity index is 1.58. The molecule has 2 heterocycles. The zero-order chi connectivity index (χ0) is 16.9. The van der Waals surface area contributed by atoms with Crippen LogP contribution in [-0.4, -0.2) is 59.0 Å². The van der Waals surface area contributed by atoms with E-state index in [2.05, 4.69) is 17.1 Å². The highest BCUT2D eigenvalue weighted by Crippen LogP contribution is 2.26. The molecule has 6 nitrogen and oxygen atoms in total. The number of hydrogen-bond donors (Lipinski definition) is 1. The number of amides is 1. The van der Waals surface area contributed by atoms with Crippen LogP contribution in [0.3, 0.4) is 0 Å². The number of quaternary nitrogens is 1. The minimum atomic E-state index is -0.225. The van der Waals surface area contributed by atoms with Crippen LogP contribution in [0.4, 0.5) is 0 Å². The number of thioether (sulfide) groups is 1. The number of aromatic nitrogens is 2. The van der Waals surface area contributed by atoms with Crippen LogP contribution >= 0.6 is 11.8 Å². The predicted molar refractivity (Wildman–Crippen MR) is 92.9 cm³/mol. The maximum absolute atomic E-state index is 12.6. The number of hydrogen-bond acceptors (Lipinski definition) is 5. The number of nitrogens with zero attached hydrogens (tertiary/aromatic N) is 3. The molecule has 1 atom stereocenters. The van der Waals surface area contributed by atoms with E-state index in [9.17, 15) is 4.79 Å². The van der Waals surface area contributed by atoms with Gasteiger partial charge in [0.1, 0.15) is 0 Å². The molecular weight excluding hydrogens is 324 g/mol. The lowest BCUT2D eigenvalue weighted by Gasteiger charge is -2.32. The molecule has 1 N–H and O–H groups in total. The molecule has 3 rings (SSSR count). The number of carbonyl (C=O) groups is 1. The summed E-state index contributed by atoms with van der Waals surface area (Å²) in [5.41, 5.74) is 0.884. The molecule has 24 heavy (non-hydrogen) atoms. The lowest BCUT2D eigenvalue weighted by Crippen LogP contribution is -3.14. The van der Waals surface area contributed by atoms with E-state index in [0.717, 1.165) is 38.3 Å². The average molecular weight is 347 g/mol. The van der Waals surface area contributed by atoms with Crippen molar-refractivity contribution in [3.63, 3.8) is 0 Å². The quantitative estimate of drug-likeness (QED) is 0.817. The van der Waals surface area contributed by atoms with Crippen LogP contribution in [0.5, 0.6) is 0 Å². The largest absolute Gasteiger partial charge is 0.411 e. The van der Waals surface area contributed by atoms with E-state index in [1.165, 1.54) is 11.8 Å². The monoisotopic (exact) mass is 347 g/mol. The van der Waals surface area contributed by atoms with Crippen molar-refractivity contribution in [3.8, 4) is 11.5 Å². The van der Waals surface area contributed by atoms with Gasteiger partial charge >= 0.3 is 0 Å². The second-order valence-electron chi connectivity index (χ2n) is 5.93. The van der Waals surface area contributed by atoms with Crippen LogP contribution < -0.4 is 4.90 Å². The van der Waals surface area contributed by atoms with Gasteiger partial charge < -0.3 is 14.2 Å². The van der Waals surface area contributed by atoms with E-state index < -0.39 is 0 Å². The van der Waals surface area contributed by atoms with Crippen LogP contribution in [0.15, 0.2) is 40.0 Å². The zero-order valence-electron chi connectivity index (χ0n) is 14.1. The molecule has 1 aromatic carbocycles. The SMILES string of the molecule is CC[NH+]1CCN(C(=O)[C@@H](C)Sc2nnc(-c3ccccc3)o2)CC1. The van der Waals surface area contributed by atoms with Crippen LogP contribution in [-0.2, 0) is 4.79 Å². The van der Waals surface area contributed by atoms with Gasteiger partial charge in [0.05, 0.1) is 38.0 Å². The van der Waals surface area contributed by atoms with Crippen molar-refractivity contribution in [1.29, 1.82) is 0 Å². The van der Waals surface area contributed by atoms with Crippen LogP contribution in [0.25, 0.3) is 11.5 Å². The van der Waals surface area contributed by atoms with Gasteiger partial charge in [0.25, 0.3) is 5.22 Å². The van der Waals surface area contributed by atoms with Crippen molar-refractivity contribution in [2.75, 3.05) is 32.7 Å². The maximum atomic E-state index is 12.6. The fourth-order valence-electron chi connectivity index (χ4n) is 2.81. The Morgan fingerprint density at radius 3 is 2.67 bits per heavy atom. The third-order valence-electron chi connectivity index (χ3n) is 4.33. The minimum Gasteiger partial charge on any atom is -0.411 e. The fraction of sp³-hybridized carbons (Fsp3) is 0.471.